The first-order chi connectivity index (χ1) is 9.06. The monoisotopic (exact) mass is 266 g/mol. The number of urea groups is 1. The Bertz CT molecular complexity index is 422. The van der Waals surface area contributed by atoms with E-state index < -0.39 is 24.1 Å². The lowest BCUT2D eigenvalue weighted by atomic mass is 10.0. The Balaban J connectivity index is 2.72. The van der Waals surface area contributed by atoms with E-state index in [9.17, 15) is 14.7 Å². The van der Waals surface area contributed by atoms with Gasteiger partial charge in [0.1, 0.15) is 6.10 Å². The summed E-state index contributed by atoms with van der Waals surface area (Å²) < 4.78 is 0. The van der Waals surface area contributed by atoms with Crippen LogP contribution in [0, 0.1) is 0 Å². The third-order valence-corrected chi connectivity index (χ3v) is 2.55. The first-order valence-corrected chi connectivity index (χ1v) is 6.06. The van der Waals surface area contributed by atoms with Crippen molar-refractivity contribution < 1.29 is 19.8 Å². The highest BCUT2D eigenvalue weighted by molar-refractivity contribution is 5.83. The molecule has 0 radical (unpaired) electrons. The van der Waals surface area contributed by atoms with E-state index in [0.717, 1.165) is 6.42 Å². The Morgan fingerprint density at radius 2 is 1.89 bits per heavy atom. The van der Waals surface area contributed by atoms with Crippen molar-refractivity contribution in [3.05, 3.63) is 35.9 Å². The van der Waals surface area contributed by atoms with Gasteiger partial charge in [0.05, 0.1) is 0 Å². The fourth-order valence-corrected chi connectivity index (χ4v) is 1.55. The molecule has 0 saturated carbocycles. The molecule has 0 bridgehead atoms. The molecule has 104 valence electrons. The molecule has 0 fully saturated rings. The number of carbonyl (C=O) groups excluding carboxylic acids is 1. The van der Waals surface area contributed by atoms with Crippen LogP contribution in [0.2, 0.25) is 0 Å². The third-order valence-electron chi connectivity index (χ3n) is 2.55. The number of nitrogens with one attached hydrogen (secondary N) is 2. The van der Waals surface area contributed by atoms with Crippen LogP contribution < -0.4 is 10.6 Å². The number of aliphatic hydroxyl groups is 1. The van der Waals surface area contributed by atoms with Gasteiger partial charge in [0.15, 0.2) is 6.04 Å². The van der Waals surface area contributed by atoms with Gasteiger partial charge in [-0.2, -0.15) is 0 Å². The summed E-state index contributed by atoms with van der Waals surface area (Å²) in [7, 11) is 0. The minimum Gasteiger partial charge on any atom is -0.480 e. The minimum absolute atomic E-state index is 0.436. The van der Waals surface area contributed by atoms with E-state index in [0.29, 0.717) is 12.1 Å². The largest absolute Gasteiger partial charge is 0.480 e. The molecule has 0 aromatic heterocycles. The van der Waals surface area contributed by atoms with E-state index in [-0.39, 0.29) is 0 Å². The molecule has 1 aromatic carbocycles. The summed E-state index contributed by atoms with van der Waals surface area (Å²) in [5.41, 5.74) is 0.436. The zero-order valence-corrected chi connectivity index (χ0v) is 10.7. The molecule has 0 aliphatic rings. The Hall–Kier alpha value is -2.08. The summed E-state index contributed by atoms with van der Waals surface area (Å²) >= 11 is 0. The number of rotatable bonds is 6. The van der Waals surface area contributed by atoms with Gasteiger partial charge in [-0.15, -0.1) is 0 Å². The first kappa shape index (κ1) is 15.0. The molecule has 1 aromatic rings. The van der Waals surface area contributed by atoms with Crippen molar-refractivity contribution in [2.45, 2.75) is 25.5 Å². The highest BCUT2D eigenvalue weighted by Crippen LogP contribution is 2.16. The maximum atomic E-state index is 11.5. The fraction of sp³-hybridized carbons (Fsp3) is 0.385. The average Bonchev–Trinajstić information content (AvgIpc) is 2.42. The van der Waals surface area contributed by atoms with Crippen molar-refractivity contribution in [1.29, 1.82) is 0 Å². The Kier molecular flexibility index (Phi) is 5.81. The zero-order chi connectivity index (χ0) is 14.3. The van der Waals surface area contributed by atoms with Crippen LogP contribution >= 0.6 is 0 Å². The molecule has 19 heavy (non-hydrogen) atoms. The maximum Gasteiger partial charge on any atom is 0.329 e. The van der Waals surface area contributed by atoms with E-state index in [2.05, 4.69) is 10.6 Å². The van der Waals surface area contributed by atoms with E-state index in [1.807, 2.05) is 6.92 Å². The maximum absolute atomic E-state index is 11.5. The normalized spacial score (nSPS) is 13.4. The van der Waals surface area contributed by atoms with Gasteiger partial charge in [0.2, 0.25) is 0 Å². The van der Waals surface area contributed by atoms with Crippen molar-refractivity contribution >= 4 is 12.0 Å². The summed E-state index contributed by atoms with van der Waals surface area (Å²) in [4.78, 5) is 22.6. The molecule has 0 heterocycles. The molecule has 2 unspecified atom stereocenters. The van der Waals surface area contributed by atoms with E-state index >= 15 is 0 Å². The quantitative estimate of drug-likeness (QED) is 0.614. The van der Waals surface area contributed by atoms with Crippen molar-refractivity contribution in [3.63, 3.8) is 0 Å². The molecule has 0 aliphatic heterocycles. The second-order valence-electron chi connectivity index (χ2n) is 4.07. The molecule has 2 amide bonds. The van der Waals surface area contributed by atoms with Crippen LogP contribution in [-0.4, -0.2) is 34.8 Å². The smallest absolute Gasteiger partial charge is 0.329 e. The topological polar surface area (TPSA) is 98.7 Å². The number of hydrogen-bond donors (Lipinski definition) is 4. The van der Waals surface area contributed by atoms with Crippen LogP contribution in [-0.2, 0) is 4.79 Å². The second-order valence-corrected chi connectivity index (χ2v) is 4.07. The van der Waals surface area contributed by atoms with Crippen LogP contribution in [0.1, 0.15) is 25.0 Å². The second kappa shape index (κ2) is 7.38. The van der Waals surface area contributed by atoms with Crippen molar-refractivity contribution in [3.8, 4) is 0 Å². The lowest BCUT2D eigenvalue weighted by molar-refractivity contribution is -0.142. The fourth-order valence-electron chi connectivity index (χ4n) is 1.55. The number of carboxylic acid groups (broad SMARTS) is 1. The van der Waals surface area contributed by atoms with Crippen molar-refractivity contribution in [2.75, 3.05) is 6.54 Å². The van der Waals surface area contributed by atoms with Gasteiger partial charge in [-0.3, -0.25) is 0 Å². The summed E-state index contributed by atoms with van der Waals surface area (Å²) in [6, 6.07) is 6.35. The summed E-state index contributed by atoms with van der Waals surface area (Å²) in [5, 5.41) is 23.8. The predicted molar refractivity (Wildman–Crippen MR) is 69.7 cm³/mol. The van der Waals surface area contributed by atoms with E-state index in [1.54, 1.807) is 30.3 Å². The van der Waals surface area contributed by atoms with Crippen molar-refractivity contribution in [2.24, 2.45) is 0 Å². The van der Waals surface area contributed by atoms with Crippen LogP contribution in [0.3, 0.4) is 0 Å². The molecule has 6 heteroatoms. The molecule has 0 saturated heterocycles. The number of aliphatic carboxylic acids is 1. The van der Waals surface area contributed by atoms with E-state index in [1.165, 1.54) is 0 Å². The van der Waals surface area contributed by atoms with Crippen LogP contribution in [0.15, 0.2) is 30.3 Å². The number of amides is 2. The number of hydrogen-bond acceptors (Lipinski definition) is 3. The van der Waals surface area contributed by atoms with Gasteiger partial charge < -0.3 is 20.8 Å². The summed E-state index contributed by atoms with van der Waals surface area (Å²) in [6.45, 7) is 2.33. The third kappa shape index (κ3) is 4.59. The zero-order valence-electron chi connectivity index (χ0n) is 10.7. The molecular formula is C13H18N2O4. The number of benzene rings is 1. The number of carbonyl (C=O) groups is 2. The van der Waals surface area contributed by atoms with Crippen LogP contribution in [0.5, 0.6) is 0 Å². The Morgan fingerprint density at radius 1 is 1.26 bits per heavy atom. The van der Waals surface area contributed by atoms with Gasteiger partial charge in [-0.1, -0.05) is 37.3 Å². The first-order valence-electron chi connectivity index (χ1n) is 6.06. The molecular weight excluding hydrogens is 248 g/mol. The van der Waals surface area contributed by atoms with Gasteiger partial charge in [-0.25, -0.2) is 9.59 Å². The van der Waals surface area contributed by atoms with Crippen molar-refractivity contribution in [1.82, 2.24) is 10.6 Å². The minimum atomic E-state index is -1.39. The lowest BCUT2D eigenvalue weighted by Gasteiger charge is -2.20. The molecule has 2 atom stereocenters. The van der Waals surface area contributed by atoms with Crippen LogP contribution in [0.25, 0.3) is 0 Å². The Morgan fingerprint density at radius 3 is 2.42 bits per heavy atom. The Labute approximate surface area is 111 Å². The average molecular weight is 266 g/mol. The molecule has 0 spiro atoms. The lowest BCUT2D eigenvalue weighted by Crippen LogP contribution is -2.49. The standard InChI is InChI=1S/C13H18N2O4/c1-2-8-14-13(19)15-10(12(17)18)11(16)9-6-4-3-5-7-9/h3-7,10-11,16H,2,8H2,1H3,(H,17,18)(H2,14,15,19). The SMILES string of the molecule is CCCNC(=O)NC(C(=O)O)C(O)c1ccccc1. The molecule has 1 rings (SSSR count). The van der Waals surface area contributed by atoms with Gasteiger partial charge in [0, 0.05) is 6.54 Å². The number of carboxylic acids is 1. The van der Waals surface area contributed by atoms with Gasteiger partial charge in [0.25, 0.3) is 0 Å². The number of aliphatic hydroxyl groups excluding tert-OH is 1. The summed E-state index contributed by atoms with van der Waals surface area (Å²) in [5.74, 6) is -1.29. The van der Waals surface area contributed by atoms with Crippen LogP contribution in [0.4, 0.5) is 4.79 Å². The molecule has 4 N–H and O–H groups in total. The highest BCUT2D eigenvalue weighted by Gasteiger charge is 2.29. The van der Waals surface area contributed by atoms with Gasteiger partial charge >= 0.3 is 12.0 Å². The predicted octanol–water partition coefficient (Wildman–Crippen LogP) is 0.882. The highest BCUT2D eigenvalue weighted by atomic mass is 16.4. The van der Waals surface area contributed by atoms with Gasteiger partial charge in [-0.05, 0) is 12.0 Å². The molecule has 6 nitrogen and oxygen atoms in total. The van der Waals surface area contributed by atoms with E-state index in [4.69, 9.17) is 5.11 Å². The summed E-state index contributed by atoms with van der Waals surface area (Å²) in [6.07, 6.45) is -0.557. The molecule has 0 aliphatic carbocycles.